The molecule has 1 N–H and O–H groups in total. The predicted octanol–water partition coefficient (Wildman–Crippen LogP) is 0.926. The van der Waals surface area contributed by atoms with Crippen LogP contribution in [0, 0.1) is 17.8 Å². The van der Waals surface area contributed by atoms with Crippen LogP contribution in [0.4, 0.5) is 0 Å². The third-order valence-corrected chi connectivity index (χ3v) is 3.68. The highest BCUT2D eigenvalue weighted by atomic mass is 16.6. The maximum atomic E-state index is 5.23. The van der Waals surface area contributed by atoms with Gasteiger partial charge in [0.2, 0.25) is 0 Å². The van der Waals surface area contributed by atoms with Gasteiger partial charge in [-0.05, 0) is 42.6 Å². The summed E-state index contributed by atoms with van der Waals surface area (Å²) in [5.41, 5.74) is 2.25. The lowest BCUT2D eigenvalue weighted by molar-refractivity contribution is -0.749. The summed E-state index contributed by atoms with van der Waals surface area (Å²) in [6, 6.07) is 8.38. The Kier molecular flexibility index (Phi) is 5.05. The summed E-state index contributed by atoms with van der Waals surface area (Å²) in [7, 11) is 0. The molecule has 3 rings (SSSR count). The summed E-state index contributed by atoms with van der Waals surface area (Å²) in [6.07, 6.45) is 7.71. The van der Waals surface area contributed by atoms with Gasteiger partial charge in [0, 0.05) is 11.5 Å². The highest BCUT2D eigenvalue weighted by Crippen LogP contribution is 2.27. The number of benzene rings is 1. The number of rotatable bonds is 6. The molecule has 1 atom stereocenters. The van der Waals surface area contributed by atoms with E-state index in [4.69, 9.17) is 4.84 Å². The topological polar surface area (TPSA) is 53.9 Å². The molecule has 1 fully saturated rings. The van der Waals surface area contributed by atoms with E-state index < -0.39 is 0 Å². The van der Waals surface area contributed by atoms with Crippen molar-refractivity contribution in [2.75, 3.05) is 6.61 Å². The second-order valence-electron chi connectivity index (χ2n) is 5.61. The van der Waals surface area contributed by atoms with E-state index in [0.29, 0.717) is 19.1 Å². The first-order valence-electron chi connectivity index (χ1n) is 7.99. The Hall–Kier alpha value is -2.61. The SMILES string of the molecule is CCO/[NH+]=C/C(Cn1cncn1)c1ccc(C#CC2CC2)cc1. The normalized spacial score (nSPS) is 15.2. The molecule has 1 aliphatic rings. The van der Waals surface area contributed by atoms with Gasteiger partial charge in [0.05, 0.1) is 12.5 Å². The number of nitrogens with zero attached hydrogens (tertiary/aromatic N) is 3. The molecular formula is C18H21N4O+. The van der Waals surface area contributed by atoms with Crippen LogP contribution < -0.4 is 5.16 Å². The molecule has 0 bridgehead atoms. The summed E-state index contributed by atoms with van der Waals surface area (Å²) in [4.78, 5) is 9.22. The average Bonchev–Trinajstić information content (AvgIpc) is 3.27. The van der Waals surface area contributed by atoms with Gasteiger partial charge in [-0.15, -0.1) is 0 Å². The predicted molar refractivity (Wildman–Crippen MR) is 87.5 cm³/mol. The summed E-state index contributed by atoms with van der Waals surface area (Å²) >= 11 is 0. The van der Waals surface area contributed by atoms with E-state index in [2.05, 4.69) is 51.3 Å². The molecule has 0 amide bonds. The van der Waals surface area contributed by atoms with Crippen molar-refractivity contribution < 1.29 is 9.99 Å². The van der Waals surface area contributed by atoms with Crippen molar-refractivity contribution in [3.63, 3.8) is 0 Å². The highest BCUT2D eigenvalue weighted by molar-refractivity contribution is 5.62. The molecule has 1 aliphatic carbocycles. The van der Waals surface area contributed by atoms with Gasteiger partial charge in [0.25, 0.3) is 0 Å². The molecule has 5 heteroatoms. The second-order valence-corrected chi connectivity index (χ2v) is 5.61. The van der Waals surface area contributed by atoms with Gasteiger partial charge in [0.15, 0.2) is 12.8 Å². The minimum atomic E-state index is 0.133. The quantitative estimate of drug-likeness (QED) is 0.490. The second kappa shape index (κ2) is 7.59. The molecule has 0 saturated heterocycles. The van der Waals surface area contributed by atoms with Crippen LogP contribution in [0.3, 0.4) is 0 Å². The van der Waals surface area contributed by atoms with Crippen molar-refractivity contribution in [3.8, 4) is 11.8 Å². The van der Waals surface area contributed by atoms with Crippen molar-refractivity contribution in [1.29, 1.82) is 0 Å². The van der Waals surface area contributed by atoms with Crippen LogP contribution in [0.25, 0.3) is 0 Å². The van der Waals surface area contributed by atoms with E-state index in [1.165, 1.54) is 18.4 Å². The molecule has 118 valence electrons. The van der Waals surface area contributed by atoms with Gasteiger partial charge in [-0.25, -0.2) is 4.98 Å². The van der Waals surface area contributed by atoms with Gasteiger partial charge >= 0.3 is 0 Å². The fraction of sp³-hybridized carbons (Fsp3) is 0.389. The molecule has 2 aromatic rings. The highest BCUT2D eigenvalue weighted by Gasteiger charge is 2.18. The summed E-state index contributed by atoms with van der Waals surface area (Å²) in [5, 5.41) is 7.07. The molecule has 1 saturated carbocycles. The van der Waals surface area contributed by atoms with Crippen molar-refractivity contribution in [2.24, 2.45) is 5.92 Å². The third-order valence-electron chi connectivity index (χ3n) is 3.68. The first-order valence-corrected chi connectivity index (χ1v) is 7.99. The largest absolute Gasteiger partial charge is 0.280 e. The molecule has 1 aromatic carbocycles. The molecule has 0 radical (unpaired) electrons. The summed E-state index contributed by atoms with van der Waals surface area (Å²) in [6.45, 7) is 3.26. The van der Waals surface area contributed by atoms with Crippen molar-refractivity contribution in [3.05, 3.63) is 48.0 Å². The zero-order valence-corrected chi connectivity index (χ0v) is 13.3. The van der Waals surface area contributed by atoms with E-state index in [9.17, 15) is 0 Å². The van der Waals surface area contributed by atoms with Crippen molar-refractivity contribution in [1.82, 2.24) is 14.8 Å². The molecule has 0 aliphatic heterocycles. The summed E-state index contributed by atoms with van der Waals surface area (Å²) in [5.74, 6) is 7.29. The maximum Gasteiger partial charge on any atom is 0.199 e. The smallest absolute Gasteiger partial charge is 0.199 e. The van der Waals surface area contributed by atoms with E-state index in [1.807, 2.05) is 17.8 Å². The Labute approximate surface area is 136 Å². The lowest BCUT2D eigenvalue weighted by Gasteiger charge is -2.09. The number of hydrogen-bond donors (Lipinski definition) is 1. The lowest BCUT2D eigenvalue weighted by Crippen LogP contribution is -2.68. The fourth-order valence-electron chi connectivity index (χ4n) is 2.22. The molecule has 23 heavy (non-hydrogen) atoms. The zero-order valence-electron chi connectivity index (χ0n) is 13.3. The van der Waals surface area contributed by atoms with Gasteiger partial charge in [0.1, 0.15) is 12.7 Å². The zero-order chi connectivity index (χ0) is 15.9. The molecular weight excluding hydrogens is 288 g/mol. The fourth-order valence-corrected chi connectivity index (χ4v) is 2.22. The maximum absolute atomic E-state index is 5.23. The van der Waals surface area contributed by atoms with Gasteiger partial charge in [-0.3, -0.25) is 9.52 Å². The van der Waals surface area contributed by atoms with E-state index >= 15 is 0 Å². The Balaban J connectivity index is 1.73. The Bertz CT molecular complexity index is 691. The van der Waals surface area contributed by atoms with Crippen molar-refractivity contribution in [2.45, 2.75) is 32.2 Å². The average molecular weight is 309 g/mol. The molecule has 1 heterocycles. The Morgan fingerprint density at radius 2 is 2.22 bits per heavy atom. The number of nitrogens with one attached hydrogen (secondary N) is 1. The van der Waals surface area contributed by atoms with Gasteiger partial charge in [-0.1, -0.05) is 24.0 Å². The summed E-state index contributed by atoms with van der Waals surface area (Å²) < 4.78 is 1.82. The van der Waals surface area contributed by atoms with Crippen molar-refractivity contribution >= 4 is 6.21 Å². The monoisotopic (exact) mass is 309 g/mol. The number of hydrogen-bond acceptors (Lipinski definition) is 3. The third kappa shape index (κ3) is 4.68. The Morgan fingerprint density at radius 1 is 1.39 bits per heavy atom. The minimum absolute atomic E-state index is 0.133. The molecule has 1 unspecified atom stereocenters. The Morgan fingerprint density at radius 3 is 2.87 bits per heavy atom. The van der Waals surface area contributed by atoms with Crippen LogP contribution >= 0.6 is 0 Å². The van der Waals surface area contributed by atoms with E-state index in [1.54, 1.807) is 12.7 Å². The van der Waals surface area contributed by atoms with Crippen LogP contribution in [0.2, 0.25) is 0 Å². The van der Waals surface area contributed by atoms with Gasteiger partial charge in [-0.2, -0.15) is 5.10 Å². The standard InChI is InChI=1S/C18H20N4O/c1-2-23-21-11-18(12-22-14-19-13-20-22)17-9-7-16(8-10-17)6-5-15-3-4-15/h7-11,13-15,18H,2-4,12H2,1H3/p+1/b21-11+. The van der Waals surface area contributed by atoms with Crippen LogP contribution in [-0.2, 0) is 11.4 Å². The molecule has 1 aromatic heterocycles. The van der Waals surface area contributed by atoms with E-state index in [0.717, 1.165) is 5.56 Å². The molecule has 5 nitrogen and oxygen atoms in total. The van der Waals surface area contributed by atoms with E-state index in [-0.39, 0.29) is 5.92 Å². The number of aromatic nitrogens is 3. The van der Waals surface area contributed by atoms with Crippen LogP contribution in [0.5, 0.6) is 0 Å². The van der Waals surface area contributed by atoms with Crippen LogP contribution in [0.1, 0.15) is 36.8 Å². The molecule has 0 spiro atoms. The van der Waals surface area contributed by atoms with Crippen LogP contribution in [-0.4, -0.2) is 27.6 Å². The first-order chi connectivity index (χ1) is 11.3. The first kappa shape index (κ1) is 15.3. The minimum Gasteiger partial charge on any atom is -0.280 e. The van der Waals surface area contributed by atoms with Gasteiger partial charge < -0.3 is 0 Å². The van der Waals surface area contributed by atoms with Crippen LogP contribution in [0.15, 0.2) is 36.9 Å². The lowest BCUT2D eigenvalue weighted by atomic mass is 9.99.